The number of alkyl halides is 1. The van der Waals surface area contributed by atoms with E-state index in [0.29, 0.717) is 18.7 Å². The largest absolute Gasteiger partial charge is 0.390 e. The first kappa shape index (κ1) is 13.0. The molecule has 1 nitrogen and oxygen atoms in total. The Labute approximate surface area is 86.8 Å². The normalized spacial score (nSPS) is 15.3. The van der Waals surface area contributed by atoms with Crippen LogP contribution in [-0.4, -0.2) is 16.6 Å². The Morgan fingerprint density at radius 1 is 1.38 bits per heavy atom. The predicted molar refractivity (Wildman–Crippen MR) is 59.2 cm³/mol. The zero-order chi connectivity index (χ0) is 10.2. The van der Waals surface area contributed by atoms with Crippen LogP contribution in [0, 0.1) is 0 Å². The number of aliphatic hydroxyl groups is 1. The van der Waals surface area contributed by atoms with Gasteiger partial charge in [0, 0.05) is 5.88 Å². The first-order chi connectivity index (χ1) is 6.18. The Kier molecular flexibility index (Phi) is 7.39. The van der Waals surface area contributed by atoms with Gasteiger partial charge in [-0.15, -0.1) is 18.2 Å². The second-order valence-corrected chi connectivity index (χ2v) is 3.99. The highest BCUT2D eigenvalue weighted by Gasteiger charge is 2.23. The lowest BCUT2D eigenvalue weighted by atomic mass is 9.90. The Hall–Kier alpha value is -0.0100. The third kappa shape index (κ3) is 6.11. The fourth-order valence-corrected chi connectivity index (χ4v) is 1.83. The standard InChI is InChI=1S/C11H21ClO/c1-3-5-6-8-11(13,7-4-2)9-10-12/h4,13H,2-3,5-10H2,1H3. The van der Waals surface area contributed by atoms with Gasteiger partial charge in [-0.25, -0.2) is 0 Å². The van der Waals surface area contributed by atoms with Gasteiger partial charge >= 0.3 is 0 Å². The predicted octanol–water partition coefficient (Wildman–Crippen LogP) is 3.50. The van der Waals surface area contributed by atoms with Gasteiger partial charge in [-0.2, -0.15) is 0 Å². The zero-order valence-electron chi connectivity index (χ0n) is 8.56. The molecule has 0 aromatic rings. The number of rotatable bonds is 8. The lowest BCUT2D eigenvalue weighted by molar-refractivity contribution is 0.0289. The highest BCUT2D eigenvalue weighted by atomic mass is 35.5. The van der Waals surface area contributed by atoms with Crippen LogP contribution in [0.3, 0.4) is 0 Å². The first-order valence-corrected chi connectivity index (χ1v) is 5.61. The summed E-state index contributed by atoms with van der Waals surface area (Å²) in [5, 5.41) is 10.1. The minimum Gasteiger partial charge on any atom is -0.390 e. The molecule has 0 aromatic heterocycles. The van der Waals surface area contributed by atoms with Crippen molar-refractivity contribution in [2.24, 2.45) is 0 Å². The molecule has 13 heavy (non-hydrogen) atoms. The van der Waals surface area contributed by atoms with Gasteiger partial charge in [0.05, 0.1) is 5.60 Å². The first-order valence-electron chi connectivity index (χ1n) is 5.08. The quantitative estimate of drug-likeness (QED) is 0.365. The van der Waals surface area contributed by atoms with Gasteiger partial charge in [0.2, 0.25) is 0 Å². The summed E-state index contributed by atoms with van der Waals surface area (Å²) in [5.41, 5.74) is -0.599. The van der Waals surface area contributed by atoms with Crippen molar-refractivity contribution in [1.29, 1.82) is 0 Å². The molecule has 0 saturated heterocycles. The Morgan fingerprint density at radius 3 is 2.54 bits per heavy atom. The van der Waals surface area contributed by atoms with Crippen LogP contribution in [0.5, 0.6) is 0 Å². The van der Waals surface area contributed by atoms with Crippen LogP contribution in [0.15, 0.2) is 12.7 Å². The van der Waals surface area contributed by atoms with E-state index in [1.54, 1.807) is 6.08 Å². The Morgan fingerprint density at radius 2 is 2.08 bits per heavy atom. The fraction of sp³-hybridized carbons (Fsp3) is 0.818. The average molecular weight is 205 g/mol. The van der Waals surface area contributed by atoms with E-state index in [4.69, 9.17) is 11.6 Å². The maximum atomic E-state index is 10.1. The fourth-order valence-electron chi connectivity index (χ4n) is 1.48. The molecule has 0 bridgehead atoms. The lowest BCUT2D eigenvalue weighted by Crippen LogP contribution is -2.28. The number of hydrogen-bond acceptors (Lipinski definition) is 1. The van der Waals surface area contributed by atoms with Crippen LogP contribution in [0.1, 0.15) is 45.4 Å². The molecule has 0 aliphatic carbocycles. The molecule has 1 N–H and O–H groups in total. The highest BCUT2D eigenvalue weighted by Crippen LogP contribution is 2.24. The maximum Gasteiger partial charge on any atom is 0.0693 e. The molecular formula is C11H21ClO. The molecular weight excluding hydrogens is 184 g/mol. The van der Waals surface area contributed by atoms with Crippen molar-refractivity contribution in [3.63, 3.8) is 0 Å². The van der Waals surface area contributed by atoms with E-state index in [2.05, 4.69) is 13.5 Å². The molecule has 0 aliphatic heterocycles. The van der Waals surface area contributed by atoms with Crippen LogP contribution in [0.25, 0.3) is 0 Å². The van der Waals surface area contributed by atoms with E-state index >= 15 is 0 Å². The minimum atomic E-state index is -0.599. The van der Waals surface area contributed by atoms with Crippen molar-refractivity contribution in [2.75, 3.05) is 5.88 Å². The van der Waals surface area contributed by atoms with Gasteiger partial charge in [0.15, 0.2) is 0 Å². The Bertz CT molecular complexity index is 136. The summed E-state index contributed by atoms with van der Waals surface area (Å²) in [6, 6.07) is 0. The lowest BCUT2D eigenvalue weighted by Gasteiger charge is -2.26. The van der Waals surface area contributed by atoms with Gasteiger partial charge in [0.1, 0.15) is 0 Å². The van der Waals surface area contributed by atoms with Crippen molar-refractivity contribution >= 4 is 11.6 Å². The Balaban J connectivity index is 3.83. The molecule has 0 saturated carbocycles. The number of hydrogen-bond donors (Lipinski definition) is 1. The van der Waals surface area contributed by atoms with Crippen LogP contribution < -0.4 is 0 Å². The van der Waals surface area contributed by atoms with Gasteiger partial charge in [-0.1, -0.05) is 32.3 Å². The van der Waals surface area contributed by atoms with Gasteiger partial charge in [-0.3, -0.25) is 0 Å². The SMILES string of the molecule is C=CCC(O)(CCCl)CCCCC. The van der Waals surface area contributed by atoms with Crippen molar-refractivity contribution in [3.05, 3.63) is 12.7 Å². The molecule has 1 atom stereocenters. The van der Waals surface area contributed by atoms with Crippen LogP contribution in [-0.2, 0) is 0 Å². The van der Waals surface area contributed by atoms with E-state index in [1.807, 2.05) is 0 Å². The van der Waals surface area contributed by atoms with Crippen molar-refractivity contribution in [1.82, 2.24) is 0 Å². The maximum absolute atomic E-state index is 10.1. The molecule has 1 unspecified atom stereocenters. The second-order valence-electron chi connectivity index (χ2n) is 3.61. The molecule has 0 spiro atoms. The van der Waals surface area contributed by atoms with E-state index in [-0.39, 0.29) is 0 Å². The average Bonchev–Trinajstić information content (AvgIpc) is 2.05. The van der Waals surface area contributed by atoms with Crippen molar-refractivity contribution < 1.29 is 5.11 Å². The molecule has 0 radical (unpaired) electrons. The third-order valence-electron chi connectivity index (χ3n) is 2.33. The van der Waals surface area contributed by atoms with Gasteiger partial charge < -0.3 is 5.11 Å². The van der Waals surface area contributed by atoms with Gasteiger partial charge in [-0.05, 0) is 19.3 Å². The van der Waals surface area contributed by atoms with E-state index in [0.717, 1.165) is 12.8 Å². The molecule has 0 fully saturated rings. The highest BCUT2D eigenvalue weighted by molar-refractivity contribution is 6.17. The summed E-state index contributed by atoms with van der Waals surface area (Å²) in [6.07, 6.45) is 7.40. The molecule has 2 heteroatoms. The van der Waals surface area contributed by atoms with Crippen LogP contribution in [0.4, 0.5) is 0 Å². The summed E-state index contributed by atoms with van der Waals surface area (Å²) in [7, 11) is 0. The summed E-state index contributed by atoms with van der Waals surface area (Å²) >= 11 is 5.64. The summed E-state index contributed by atoms with van der Waals surface area (Å²) in [6.45, 7) is 5.81. The molecule has 0 aromatic carbocycles. The molecule has 0 aliphatic rings. The summed E-state index contributed by atoms with van der Waals surface area (Å²) in [4.78, 5) is 0. The van der Waals surface area contributed by atoms with E-state index in [9.17, 15) is 5.11 Å². The number of halogens is 1. The van der Waals surface area contributed by atoms with E-state index in [1.165, 1.54) is 12.8 Å². The van der Waals surface area contributed by atoms with E-state index < -0.39 is 5.60 Å². The number of unbranched alkanes of at least 4 members (excludes halogenated alkanes) is 2. The zero-order valence-corrected chi connectivity index (χ0v) is 9.32. The molecule has 0 amide bonds. The van der Waals surface area contributed by atoms with Crippen molar-refractivity contribution in [2.45, 2.75) is 51.0 Å². The van der Waals surface area contributed by atoms with Crippen molar-refractivity contribution in [3.8, 4) is 0 Å². The second kappa shape index (κ2) is 7.40. The molecule has 0 heterocycles. The summed E-state index contributed by atoms with van der Waals surface area (Å²) in [5.74, 6) is 0.524. The summed E-state index contributed by atoms with van der Waals surface area (Å²) < 4.78 is 0. The monoisotopic (exact) mass is 204 g/mol. The van der Waals surface area contributed by atoms with Crippen LogP contribution >= 0.6 is 11.6 Å². The third-order valence-corrected chi connectivity index (χ3v) is 2.52. The van der Waals surface area contributed by atoms with Crippen LogP contribution in [0.2, 0.25) is 0 Å². The molecule has 78 valence electrons. The smallest absolute Gasteiger partial charge is 0.0693 e. The topological polar surface area (TPSA) is 20.2 Å². The minimum absolute atomic E-state index is 0.524. The van der Waals surface area contributed by atoms with Gasteiger partial charge in [0.25, 0.3) is 0 Å². The molecule has 0 rings (SSSR count).